The molecular formula is C44H31NO. The number of fused-ring (bicyclic) bond motifs is 10. The molecule has 0 unspecified atom stereocenters. The summed E-state index contributed by atoms with van der Waals surface area (Å²) in [7, 11) is 0. The number of benzene rings is 7. The van der Waals surface area contributed by atoms with E-state index in [1.807, 2.05) is 6.92 Å². The number of hydrogen-bond donors (Lipinski definition) is 0. The Morgan fingerprint density at radius 3 is 1.98 bits per heavy atom. The molecule has 7 aromatic carbocycles. The van der Waals surface area contributed by atoms with E-state index >= 15 is 0 Å². The summed E-state index contributed by atoms with van der Waals surface area (Å²) in [6, 6.07) is 46.3. The molecule has 1 aromatic heterocycles. The van der Waals surface area contributed by atoms with Crippen molar-refractivity contribution in [1.82, 2.24) is 4.98 Å². The maximum absolute atomic E-state index is 6.40. The first-order chi connectivity index (χ1) is 22.7. The van der Waals surface area contributed by atoms with Gasteiger partial charge in [0.15, 0.2) is 0 Å². The highest BCUT2D eigenvalue weighted by Crippen LogP contribution is 2.42. The van der Waals surface area contributed by atoms with E-state index in [4.69, 9.17) is 9.72 Å². The zero-order chi connectivity index (χ0) is 30.8. The molecule has 0 bridgehead atoms. The second kappa shape index (κ2) is 10.4. The number of aryl methyl sites for hydroxylation is 1. The summed E-state index contributed by atoms with van der Waals surface area (Å²) in [5.74, 6) is 0.906. The predicted octanol–water partition coefficient (Wildman–Crippen LogP) is 11.9. The van der Waals surface area contributed by atoms with Crippen molar-refractivity contribution in [2.24, 2.45) is 0 Å². The van der Waals surface area contributed by atoms with Gasteiger partial charge in [0, 0.05) is 16.5 Å². The summed E-state index contributed by atoms with van der Waals surface area (Å²) in [6.07, 6.45) is 4.22. The van der Waals surface area contributed by atoms with Gasteiger partial charge in [-0.3, -0.25) is 0 Å². The lowest BCUT2D eigenvalue weighted by molar-refractivity contribution is 0.302. The van der Waals surface area contributed by atoms with E-state index in [1.165, 1.54) is 65.7 Å². The van der Waals surface area contributed by atoms with Crippen LogP contribution in [0, 0.1) is 6.92 Å². The van der Waals surface area contributed by atoms with Crippen molar-refractivity contribution in [3.8, 4) is 39.3 Å². The first-order valence-corrected chi connectivity index (χ1v) is 15.9. The van der Waals surface area contributed by atoms with Crippen LogP contribution in [-0.2, 0) is 6.61 Å². The second-order valence-electron chi connectivity index (χ2n) is 12.3. The molecular weight excluding hydrogens is 558 g/mol. The Labute approximate surface area is 268 Å². The molecule has 0 amide bonds. The monoisotopic (exact) mass is 589 g/mol. The van der Waals surface area contributed by atoms with E-state index in [0.717, 1.165) is 33.5 Å². The Morgan fingerprint density at radius 2 is 1.22 bits per heavy atom. The zero-order valence-electron chi connectivity index (χ0n) is 25.8. The summed E-state index contributed by atoms with van der Waals surface area (Å²) in [5.41, 5.74) is 11.4. The summed E-state index contributed by atoms with van der Waals surface area (Å²) >= 11 is 0. The van der Waals surface area contributed by atoms with Gasteiger partial charge < -0.3 is 4.74 Å². The topological polar surface area (TPSA) is 22.1 Å². The van der Waals surface area contributed by atoms with Gasteiger partial charge in [0.2, 0.25) is 0 Å². The number of pyridine rings is 1. The van der Waals surface area contributed by atoms with Gasteiger partial charge in [-0.15, -0.1) is 0 Å². The number of allylic oxidation sites excluding steroid dienone is 1. The number of rotatable bonds is 3. The van der Waals surface area contributed by atoms with Gasteiger partial charge in [-0.1, -0.05) is 109 Å². The normalized spacial score (nSPS) is 12.6. The van der Waals surface area contributed by atoms with Crippen molar-refractivity contribution in [3.63, 3.8) is 0 Å². The largest absolute Gasteiger partial charge is 0.488 e. The maximum atomic E-state index is 6.40. The molecule has 0 aliphatic carbocycles. The van der Waals surface area contributed by atoms with E-state index in [-0.39, 0.29) is 0 Å². The average molecular weight is 590 g/mol. The van der Waals surface area contributed by atoms with E-state index in [0.29, 0.717) is 6.61 Å². The Morgan fingerprint density at radius 1 is 0.587 bits per heavy atom. The highest BCUT2D eigenvalue weighted by atomic mass is 16.5. The molecule has 218 valence electrons. The molecule has 0 fully saturated rings. The van der Waals surface area contributed by atoms with Crippen LogP contribution in [0.1, 0.15) is 23.6 Å². The van der Waals surface area contributed by atoms with Crippen molar-refractivity contribution in [2.75, 3.05) is 0 Å². The Kier molecular flexibility index (Phi) is 6.04. The molecule has 9 rings (SSSR count). The number of aromatic nitrogens is 1. The molecule has 0 radical (unpaired) electrons. The first-order valence-electron chi connectivity index (χ1n) is 15.9. The van der Waals surface area contributed by atoms with Gasteiger partial charge in [0.05, 0.1) is 11.2 Å². The second-order valence-corrected chi connectivity index (χ2v) is 12.3. The van der Waals surface area contributed by atoms with Crippen molar-refractivity contribution < 1.29 is 4.74 Å². The van der Waals surface area contributed by atoms with E-state index < -0.39 is 0 Å². The smallest absolute Gasteiger partial charge is 0.128 e. The highest BCUT2D eigenvalue weighted by Gasteiger charge is 2.20. The molecule has 0 spiro atoms. The molecule has 2 heterocycles. The van der Waals surface area contributed by atoms with Crippen LogP contribution in [-0.4, -0.2) is 4.98 Å². The minimum atomic E-state index is 0.539. The van der Waals surface area contributed by atoms with Crippen molar-refractivity contribution >= 4 is 49.3 Å². The van der Waals surface area contributed by atoms with Crippen LogP contribution in [0.25, 0.3) is 82.8 Å². The number of ether oxygens (including phenoxy) is 1. The van der Waals surface area contributed by atoms with E-state index in [9.17, 15) is 0 Å². The van der Waals surface area contributed by atoms with Crippen LogP contribution in [0.15, 0.2) is 133 Å². The van der Waals surface area contributed by atoms with Crippen molar-refractivity contribution in [2.45, 2.75) is 20.5 Å². The maximum Gasteiger partial charge on any atom is 0.128 e. The highest BCUT2D eigenvalue weighted by molar-refractivity contribution is 6.25. The Hall–Kier alpha value is -5.73. The van der Waals surface area contributed by atoms with Gasteiger partial charge in [-0.2, -0.15) is 0 Å². The average Bonchev–Trinajstić information content (AvgIpc) is 3.12. The Bertz CT molecular complexity index is 2520. The Balaban J connectivity index is 1.10. The lowest BCUT2D eigenvalue weighted by atomic mass is 9.90. The van der Waals surface area contributed by atoms with Crippen LogP contribution in [0.2, 0.25) is 0 Å². The zero-order valence-corrected chi connectivity index (χ0v) is 25.8. The predicted molar refractivity (Wildman–Crippen MR) is 194 cm³/mol. The molecule has 0 atom stereocenters. The molecule has 8 aromatic rings. The van der Waals surface area contributed by atoms with Crippen molar-refractivity contribution in [3.05, 3.63) is 150 Å². The fraction of sp³-hybridized carbons (Fsp3) is 0.0682. The van der Waals surface area contributed by atoms with E-state index in [1.54, 1.807) is 0 Å². The summed E-state index contributed by atoms with van der Waals surface area (Å²) in [6.45, 7) is 4.74. The molecule has 46 heavy (non-hydrogen) atoms. The van der Waals surface area contributed by atoms with Crippen LogP contribution in [0.3, 0.4) is 0 Å². The minimum Gasteiger partial charge on any atom is -0.488 e. The van der Waals surface area contributed by atoms with Gasteiger partial charge in [-0.25, -0.2) is 4.98 Å². The number of nitrogens with zero attached hydrogens (tertiary/aromatic N) is 1. The van der Waals surface area contributed by atoms with Crippen LogP contribution >= 0.6 is 0 Å². The summed E-state index contributed by atoms with van der Waals surface area (Å²) in [5, 5.41) is 8.92. The van der Waals surface area contributed by atoms with Crippen LogP contribution in [0.4, 0.5) is 0 Å². The molecule has 1 aliphatic rings. The lowest BCUT2D eigenvalue weighted by Crippen LogP contribution is -2.06. The van der Waals surface area contributed by atoms with Gasteiger partial charge >= 0.3 is 0 Å². The van der Waals surface area contributed by atoms with Gasteiger partial charge in [-0.05, 0) is 110 Å². The number of hydrogen-bond acceptors (Lipinski definition) is 2. The molecule has 1 aliphatic heterocycles. The summed E-state index contributed by atoms with van der Waals surface area (Å²) < 4.78 is 6.40. The standard InChI is InChI=1S/C44H31NO/c1-3-8-28-13-14-29-18-22-42(45-44(29)27(28)2)32-17-21-40-34-19-15-30(23-33(34)26-46-43(40)25-32)31-16-20-39-37-11-5-4-9-35(37)36-10-6-7-12-38(36)41(39)24-31/h3-25H,26H2,1-2H3/b8-3-. The molecule has 2 heteroatoms. The van der Waals surface area contributed by atoms with Gasteiger partial charge in [0.1, 0.15) is 12.4 Å². The third kappa shape index (κ3) is 4.14. The molecule has 2 nitrogen and oxygen atoms in total. The summed E-state index contributed by atoms with van der Waals surface area (Å²) in [4.78, 5) is 5.09. The fourth-order valence-electron chi connectivity index (χ4n) is 7.29. The minimum absolute atomic E-state index is 0.539. The third-order valence-electron chi connectivity index (χ3n) is 9.64. The van der Waals surface area contributed by atoms with Crippen LogP contribution < -0.4 is 4.74 Å². The van der Waals surface area contributed by atoms with E-state index in [2.05, 4.69) is 146 Å². The molecule has 0 saturated heterocycles. The quantitative estimate of drug-likeness (QED) is 0.191. The SMILES string of the molecule is C/C=C\c1ccc2ccc(-c3ccc4c(c3)OCc3cc(-c5ccc6c7ccccc7c7ccccc7c6c5)ccc3-4)nc2c1C. The first kappa shape index (κ1) is 26.7. The molecule has 0 N–H and O–H groups in total. The van der Waals surface area contributed by atoms with Gasteiger partial charge in [0.25, 0.3) is 0 Å². The lowest BCUT2D eigenvalue weighted by Gasteiger charge is -2.22. The fourth-order valence-corrected chi connectivity index (χ4v) is 7.29. The van der Waals surface area contributed by atoms with Crippen molar-refractivity contribution in [1.29, 1.82) is 0 Å². The third-order valence-corrected chi connectivity index (χ3v) is 9.64. The molecule has 0 saturated carbocycles. The van der Waals surface area contributed by atoms with Crippen LogP contribution in [0.5, 0.6) is 5.75 Å².